The molecular formula is C25H20ClN5O2. The second-order valence-corrected chi connectivity index (χ2v) is 8.31. The van der Waals surface area contributed by atoms with E-state index in [0.29, 0.717) is 17.7 Å². The van der Waals surface area contributed by atoms with Crippen molar-refractivity contribution in [3.63, 3.8) is 0 Å². The Morgan fingerprint density at radius 2 is 1.88 bits per heavy atom. The third-order valence-electron chi connectivity index (χ3n) is 5.77. The van der Waals surface area contributed by atoms with Crippen molar-refractivity contribution in [2.24, 2.45) is 5.73 Å². The van der Waals surface area contributed by atoms with Crippen LogP contribution >= 0.6 is 11.6 Å². The highest BCUT2D eigenvalue weighted by Gasteiger charge is 2.28. The van der Waals surface area contributed by atoms with Crippen LogP contribution in [-0.4, -0.2) is 26.6 Å². The highest BCUT2D eigenvalue weighted by atomic mass is 35.5. The number of aromatic nitrogens is 3. The first kappa shape index (κ1) is 20.9. The Bertz CT molecular complexity index is 1410. The number of nitrogens with one attached hydrogen (secondary N) is 1. The molecule has 0 unspecified atom stereocenters. The van der Waals surface area contributed by atoms with Crippen molar-refractivity contribution in [3.8, 4) is 16.9 Å². The molecule has 0 aliphatic heterocycles. The van der Waals surface area contributed by atoms with Crippen molar-refractivity contribution in [1.82, 2.24) is 14.8 Å². The molecule has 5 rings (SSSR count). The molecule has 7 nitrogen and oxygen atoms in total. The van der Waals surface area contributed by atoms with E-state index in [2.05, 4.69) is 15.4 Å². The number of nitrogens with two attached hydrogens (primary N) is 1. The van der Waals surface area contributed by atoms with Gasteiger partial charge in [0.15, 0.2) is 5.69 Å². The summed E-state index contributed by atoms with van der Waals surface area (Å²) in [5.74, 6) is -0.912. The number of rotatable bonds is 4. The molecule has 4 aromatic rings. The fraction of sp³-hybridized carbons (Fsp3) is 0.120. The maximum absolute atomic E-state index is 12.7. The maximum Gasteiger partial charge on any atom is 0.269 e. The van der Waals surface area contributed by atoms with Gasteiger partial charge in [0.2, 0.25) is 0 Å². The largest absolute Gasteiger partial charge is 0.364 e. The summed E-state index contributed by atoms with van der Waals surface area (Å²) in [6, 6.07) is 16.9. The van der Waals surface area contributed by atoms with E-state index >= 15 is 0 Å². The van der Waals surface area contributed by atoms with Crippen molar-refractivity contribution in [1.29, 1.82) is 0 Å². The first-order valence-electron chi connectivity index (χ1n) is 10.5. The molecule has 2 aromatic carbocycles. The van der Waals surface area contributed by atoms with E-state index < -0.39 is 5.91 Å². The molecule has 0 spiro atoms. The Labute approximate surface area is 195 Å². The lowest BCUT2D eigenvalue weighted by Gasteiger charge is -2.20. The van der Waals surface area contributed by atoms with Crippen LogP contribution in [-0.2, 0) is 12.8 Å². The number of aryl methyl sites for hydroxylation is 2. The number of amides is 2. The predicted molar refractivity (Wildman–Crippen MR) is 127 cm³/mol. The first-order valence-corrected chi connectivity index (χ1v) is 10.8. The molecule has 8 heteroatoms. The minimum absolute atomic E-state index is 0.138. The second-order valence-electron chi connectivity index (χ2n) is 7.96. The number of fused-ring (bicyclic) bond motifs is 3. The van der Waals surface area contributed by atoms with Gasteiger partial charge >= 0.3 is 0 Å². The van der Waals surface area contributed by atoms with Crippen LogP contribution < -0.4 is 11.1 Å². The van der Waals surface area contributed by atoms with Crippen molar-refractivity contribution in [3.05, 3.63) is 93.9 Å². The van der Waals surface area contributed by atoms with Crippen LogP contribution in [0.25, 0.3) is 16.9 Å². The Morgan fingerprint density at radius 3 is 2.61 bits per heavy atom. The molecule has 0 radical (unpaired) electrons. The number of primary amides is 1. The number of hydrogen-bond acceptors (Lipinski definition) is 4. The SMILES string of the molecule is Cc1ccc(-n2nc(C(N)=O)c3c2-c2cc(NC(=O)c4cccnc4Cl)ccc2CC3)cc1. The Morgan fingerprint density at radius 1 is 1.09 bits per heavy atom. The lowest BCUT2D eigenvalue weighted by Crippen LogP contribution is -2.16. The summed E-state index contributed by atoms with van der Waals surface area (Å²) in [5, 5.41) is 7.60. The number of anilines is 1. The average molecular weight is 458 g/mol. The summed E-state index contributed by atoms with van der Waals surface area (Å²) >= 11 is 6.07. The zero-order chi connectivity index (χ0) is 23.1. The number of benzene rings is 2. The fourth-order valence-electron chi connectivity index (χ4n) is 4.14. The number of nitrogens with zero attached hydrogens (tertiary/aromatic N) is 3. The number of pyridine rings is 1. The van der Waals surface area contributed by atoms with E-state index in [1.54, 1.807) is 16.8 Å². The van der Waals surface area contributed by atoms with E-state index in [-0.39, 0.29) is 16.8 Å². The van der Waals surface area contributed by atoms with Crippen molar-refractivity contribution in [2.45, 2.75) is 19.8 Å². The zero-order valence-electron chi connectivity index (χ0n) is 17.8. The van der Waals surface area contributed by atoms with Gasteiger partial charge < -0.3 is 11.1 Å². The van der Waals surface area contributed by atoms with Crippen LogP contribution in [0, 0.1) is 6.92 Å². The second kappa shape index (κ2) is 8.18. The minimum atomic E-state index is -0.559. The third-order valence-corrected chi connectivity index (χ3v) is 6.07. The first-order chi connectivity index (χ1) is 15.9. The van der Waals surface area contributed by atoms with E-state index in [4.69, 9.17) is 17.3 Å². The van der Waals surface area contributed by atoms with Gasteiger partial charge in [0.25, 0.3) is 11.8 Å². The van der Waals surface area contributed by atoms with Gasteiger partial charge in [-0.05, 0) is 61.7 Å². The molecule has 0 saturated carbocycles. The molecule has 0 saturated heterocycles. The van der Waals surface area contributed by atoms with E-state index in [9.17, 15) is 9.59 Å². The highest BCUT2D eigenvalue weighted by Crippen LogP contribution is 2.38. The lowest BCUT2D eigenvalue weighted by molar-refractivity contribution is 0.0992. The molecule has 33 heavy (non-hydrogen) atoms. The molecule has 3 N–H and O–H groups in total. The number of carbonyl (C=O) groups is 2. The number of carbonyl (C=O) groups excluding carboxylic acids is 2. The van der Waals surface area contributed by atoms with Crippen LogP contribution in [0.1, 0.15) is 37.5 Å². The monoisotopic (exact) mass is 457 g/mol. The van der Waals surface area contributed by atoms with Gasteiger partial charge in [0, 0.05) is 23.0 Å². The molecule has 1 aliphatic rings. The van der Waals surface area contributed by atoms with E-state index in [0.717, 1.165) is 40.1 Å². The van der Waals surface area contributed by atoms with Crippen LogP contribution in [0.4, 0.5) is 5.69 Å². The van der Waals surface area contributed by atoms with Crippen LogP contribution in [0.5, 0.6) is 0 Å². The van der Waals surface area contributed by atoms with Crippen LogP contribution in [0.2, 0.25) is 5.15 Å². The molecule has 164 valence electrons. The molecule has 2 heterocycles. The van der Waals surface area contributed by atoms with E-state index in [1.807, 2.05) is 49.4 Å². The Kier molecular flexibility index (Phi) is 5.18. The fourth-order valence-corrected chi connectivity index (χ4v) is 4.35. The summed E-state index contributed by atoms with van der Waals surface area (Å²) in [5.41, 5.74) is 12.4. The minimum Gasteiger partial charge on any atom is -0.364 e. The molecule has 2 aromatic heterocycles. The molecular weight excluding hydrogens is 438 g/mol. The van der Waals surface area contributed by atoms with Gasteiger partial charge in [-0.25, -0.2) is 9.67 Å². The molecule has 0 atom stereocenters. The topological polar surface area (TPSA) is 103 Å². The quantitative estimate of drug-likeness (QED) is 0.445. The van der Waals surface area contributed by atoms with Crippen molar-refractivity contribution < 1.29 is 9.59 Å². The van der Waals surface area contributed by atoms with E-state index in [1.165, 1.54) is 6.20 Å². The van der Waals surface area contributed by atoms with Crippen molar-refractivity contribution in [2.75, 3.05) is 5.32 Å². The van der Waals surface area contributed by atoms with Crippen molar-refractivity contribution >= 4 is 29.1 Å². The maximum atomic E-state index is 12.7. The lowest BCUT2D eigenvalue weighted by atomic mass is 9.88. The molecule has 2 amide bonds. The Hall–Kier alpha value is -3.97. The smallest absolute Gasteiger partial charge is 0.269 e. The molecule has 0 bridgehead atoms. The standard InChI is InChI=1S/C25H20ClN5O2/c1-14-4-9-17(10-5-14)31-22-18(21(30-31)24(27)32)11-7-15-6-8-16(13-20(15)22)29-25(33)19-3-2-12-28-23(19)26/h2-6,8-10,12-13H,7,11H2,1H3,(H2,27,32)(H,29,33). The average Bonchev–Trinajstić information content (AvgIpc) is 3.20. The highest BCUT2D eigenvalue weighted by molar-refractivity contribution is 6.33. The summed E-state index contributed by atoms with van der Waals surface area (Å²) in [6.07, 6.45) is 2.93. The Balaban J connectivity index is 1.61. The van der Waals surface area contributed by atoms with Gasteiger partial charge in [-0.3, -0.25) is 9.59 Å². The summed E-state index contributed by atoms with van der Waals surface area (Å²) in [7, 11) is 0. The normalized spacial score (nSPS) is 12.1. The summed E-state index contributed by atoms with van der Waals surface area (Å²) < 4.78 is 1.76. The van der Waals surface area contributed by atoms with Gasteiger partial charge in [0.1, 0.15) is 5.15 Å². The van der Waals surface area contributed by atoms with Crippen LogP contribution in [0.3, 0.4) is 0 Å². The van der Waals surface area contributed by atoms with Gasteiger partial charge in [-0.1, -0.05) is 35.4 Å². The van der Waals surface area contributed by atoms with Gasteiger partial charge in [-0.2, -0.15) is 5.10 Å². The summed E-state index contributed by atoms with van der Waals surface area (Å²) in [6.45, 7) is 2.01. The predicted octanol–water partition coefficient (Wildman–Crippen LogP) is 4.35. The molecule has 1 aliphatic carbocycles. The molecule has 0 fully saturated rings. The van der Waals surface area contributed by atoms with Crippen LogP contribution in [0.15, 0.2) is 60.8 Å². The zero-order valence-corrected chi connectivity index (χ0v) is 18.6. The van der Waals surface area contributed by atoms with Gasteiger partial charge in [-0.15, -0.1) is 0 Å². The number of halogens is 1. The summed E-state index contributed by atoms with van der Waals surface area (Å²) in [4.78, 5) is 28.9. The van der Waals surface area contributed by atoms with Gasteiger partial charge in [0.05, 0.1) is 16.9 Å². The number of hydrogen-bond donors (Lipinski definition) is 2. The third kappa shape index (κ3) is 3.76.